The predicted octanol–water partition coefficient (Wildman–Crippen LogP) is 4.10. The Labute approximate surface area is 295 Å². The topological polar surface area (TPSA) is 203 Å². The van der Waals surface area contributed by atoms with Crippen LogP contribution in [0.25, 0.3) is 0 Å². The smallest absolute Gasteiger partial charge is 0.326 e. The van der Waals surface area contributed by atoms with Crippen molar-refractivity contribution < 1.29 is 43.7 Å². The van der Waals surface area contributed by atoms with E-state index in [0.717, 1.165) is 0 Å². The molecule has 14 nitrogen and oxygen atoms in total. The fourth-order valence-electron chi connectivity index (χ4n) is 5.85. The fourth-order valence-corrected chi connectivity index (χ4v) is 5.85. The van der Waals surface area contributed by atoms with Gasteiger partial charge in [0.05, 0.1) is 7.11 Å². The van der Waals surface area contributed by atoms with Gasteiger partial charge in [-0.15, -0.1) is 0 Å². The highest BCUT2D eigenvalue weighted by Crippen LogP contribution is 2.36. The number of carboxylic acids is 2. The zero-order chi connectivity index (χ0) is 37.5. The Bertz CT molecular complexity index is 1800. The zero-order valence-electron chi connectivity index (χ0n) is 29.1. The quantitative estimate of drug-likeness (QED) is 0.152. The van der Waals surface area contributed by atoms with Crippen molar-refractivity contribution in [3.63, 3.8) is 0 Å². The van der Waals surface area contributed by atoms with Crippen LogP contribution in [0, 0.1) is 5.41 Å². The monoisotopic (exact) mass is 701 g/mol. The van der Waals surface area contributed by atoms with Crippen molar-refractivity contribution in [2.24, 2.45) is 5.41 Å². The van der Waals surface area contributed by atoms with Crippen LogP contribution < -0.4 is 26.0 Å². The molecule has 0 radical (unpaired) electrons. The van der Waals surface area contributed by atoms with Gasteiger partial charge in [0.2, 0.25) is 17.7 Å². The molecule has 1 aliphatic heterocycles. The van der Waals surface area contributed by atoms with Gasteiger partial charge in [-0.05, 0) is 64.1 Å². The van der Waals surface area contributed by atoms with Crippen molar-refractivity contribution in [3.8, 4) is 5.75 Å². The molecule has 0 spiro atoms. The van der Waals surface area contributed by atoms with E-state index in [-0.39, 0.29) is 31.2 Å². The Morgan fingerprint density at radius 1 is 0.824 bits per heavy atom. The number of aliphatic carboxylic acids is 2. The van der Waals surface area contributed by atoms with Gasteiger partial charge in [-0.1, -0.05) is 51.1 Å². The first-order chi connectivity index (χ1) is 24.0. The lowest BCUT2D eigenvalue weighted by Gasteiger charge is -2.25. The van der Waals surface area contributed by atoms with Crippen LogP contribution in [-0.4, -0.2) is 70.0 Å². The number of carboxylic acid groups (broad SMARTS) is 2. The molecule has 3 unspecified atom stereocenters. The minimum absolute atomic E-state index is 0.0520. The summed E-state index contributed by atoms with van der Waals surface area (Å²) in [5.74, 6) is -3.49. The lowest BCUT2D eigenvalue weighted by molar-refractivity contribution is -0.144. The lowest BCUT2D eigenvalue weighted by atomic mass is 9.91. The molecular weight excluding hydrogens is 658 g/mol. The lowest BCUT2D eigenvalue weighted by Crippen LogP contribution is -2.47. The van der Waals surface area contributed by atoms with E-state index in [2.05, 4.69) is 21.3 Å². The summed E-state index contributed by atoms with van der Waals surface area (Å²) in [7, 11) is 1.54. The van der Waals surface area contributed by atoms with Crippen molar-refractivity contribution in [2.45, 2.75) is 71.6 Å². The predicted molar refractivity (Wildman–Crippen MR) is 188 cm³/mol. The van der Waals surface area contributed by atoms with Crippen molar-refractivity contribution in [1.82, 2.24) is 15.5 Å². The van der Waals surface area contributed by atoms with Crippen LogP contribution in [0.4, 0.5) is 16.2 Å². The maximum absolute atomic E-state index is 13.7. The van der Waals surface area contributed by atoms with Crippen LogP contribution in [0.15, 0.2) is 66.7 Å². The second-order valence-corrected chi connectivity index (χ2v) is 13.5. The fraction of sp³-hybridized carbons (Fsp3) is 0.351. The SMILES string of the molecule is COc1ccc(NC(=O)Nc2ccc3c(c2)CN(C(C)=O)C3C(=O)NC(Cc2ccccc2CC(NC(=O)CC(C)(C)C)C(=O)O)C(=O)O)cc1. The number of methoxy groups -OCH3 is 1. The van der Waals surface area contributed by atoms with Crippen molar-refractivity contribution in [1.29, 1.82) is 0 Å². The Hall–Kier alpha value is -5.92. The summed E-state index contributed by atoms with van der Waals surface area (Å²) in [6.45, 7) is 6.93. The van der Waals surface area contributed by atoms with Gasteiger partial charge in [-0.25, -0.2) is 14.4 Å². The molecule has 270 valence electrons. The summed E-state index contributed by atoms with van der Waals surface area (Å²) in [6, 6.07) is 13.9. The van der Waals surface area contributed by atoms with Crippen molar-refractivity contribution >= 4 is 47.1 Å². The Kier molecular flexibility index (Phi) is 12.0. The number of amides is 5. The summed E-state index contributed by atoms with van der Waals surface area (Å²) >= 11 is 0. The number of nitrogens with zero attached hydrogens (tertiary/aromatic N) is 1. The molecule has 51 heavy (non-hydrogen) atoms. The summed E-state index contributed by atoms with van der Waals surface area (Å²) in [5.41, 5.74) is 2.63. The van der Waals surface area contributed by atoms with E-state index in [1.54, 1.807) is 66.7 Å². The van der Waals surface area contributed by atoms with E-state index < -0.39 is 53.8 Å². The molecule has 6 N–H and O–H groups in total. The first kappa shape index (κ1) is 37.9. The van der Waals surface area contributed by atoms with E-state index in [9.17, 15) is 39.0 Å². The largest absolute Gasteiger partial charge is 0.497 e. The molecule has 4 rings (SSSR count). The number of rotatable bonds is 13. The van der Waals surface area contributed by atoms with E-state index in [4.69, 9.17) is 4.74 Å². The average Bonchev–Trinajstić information content (AvgIpc) is 3.43. The van der Waals surface area contributed by atoms with Crippen molar-refractivity contribution in [3.05, 3.63) is 89.0 Å². The van der Waals surface area contributed by atoms with Gasteiger partial charge in [0, 0.05) is 44.1 Å². The number of carbonyl (C=O) groups is 6. The standard InChI is InChI=1S/C37H43N5O9/c1-21(43)42-20-24-16-26(39-36(50)38-25-10-13-27(51-5)14-11-25)12-15-28(24)32(42)33(45)41-30(35(48)49)18-23-9-7-6-8-22(23)17-29(34(46)47)40-31(44)19-37(2,3)4/h6-16,29-30,32H,17-20H2,1-5H3,(H,40,44)(H,41,45)(H,46,47)(H,48,49)(H2,38,39,50). The van der Waals surface area contributed by atoms with Crippen LogP contribution in [0.5, 0.6) is 5.75 Å². The second-order valence-electron chi connectivity index (χ2n) is 13.5. The van der Waals surface area contributed by atoms with Crippen LogP contribution >= 0.6 is 0 Å². The van der Waals surface area contributed by atoms with Crippen LogP contribution in [0.3, 0.4) is 0 Å². The van der Waals surface area contributed by atoms with E-state index >= 15 is 0 Å². The van der Waals surface area contributed by atoms with Gasteiger partial charge in [-0.3, -0.25) is 14.4 Å². The molecule has 14 heteroatoms. The molecular formula is C37H43N5O9. The molecule has 0 saturated carbocycles. The molecule has 1 aliphatic rings. The second kappa shape index (κ2) is 16.2. The van der Waals surface area contributed by atoms with E-state index in [1.807, 2.05) is 20.8 Å². The maximum atomic E-state index is 13.7. The van der Waals surface area contributed by atoms with Crippen molar-refractivity contribution in [2.75, 3.05) is 17.7 Å². The van der Waals surface area contributed by atoms with Gasteiger partial charge < -0.3 is 41.1 Å². The third-order valence-corrected chi connectivity index (χ3v) is 8.25. The van der Waals surface area contributed by atoms with E-state index in [0.29, 0.717) is 39.4 Å². The molecule has 1 heterocycles. The number of nitrogens with one attached hydrogen (secondary N) is 4. The molecule has 0 aromatic heterocycles. The summed E-state index contributed by atoms with van der Waals surface area (Å²) < 4.78 is 5.13. The molecule has 0 bridgehead atoms. The Morgan fingerprint density at radius 3 is 1.90 bits per heavy atom. The number of hydrogen-bond acceptors (Lipinski definition) is 7. The molecule has 5 amide bonds. The minimum Gasteiger partial charge on any atom is -0.497 e. The third-order valence-electron chi connectivity index (χ3n) is 8.25. The summed E-state index contributed by atoms with van der Waals surface area (Å²) in [6.07, 6.45) is -0.180. The van der Waals surface area contributed by atoms with E-state index in [1.165, 1.54) is 18.9 Å². The zero-order valence-corrected chi connectivity index (χ0v) is 29.1. The number of benzene rings is 3. The number of anilines is 2. The molecule has 3 aromatic rings. The number of carbonyl (C=O) groups excluding carboxylic acids is 4. The number of urea groups is 1. The van der Waals surface area contributed by atoms with Gasteiger partial charge in [0.15, 0.2) is 0 Å². The van der Waals surface area contributed by atoms with Gasteiger partial charge in [-0.2, -0.15) is 0 Å². The third kappa shape index (κ3) is 10.3. The maximum Gasteiger partial charge on any atom is 0.326 e. The molecule has 0 aliphatic carbocycles. The molecule has 3 atom stereocenters. The van der Waals surface area contributed by atoms with Crippen LogP contribution in [0.2, 0.25) is 0 Å². The van der Waals surface area contributed by atoms with Gasteiger partial charge in [0.25, 0.3) is 0 Å². The number of fused-ring (bicyclic) bond motifs is 1. The summed E-state index contributed by atoms with van der Waals surface area (Å²) in [5, 5.41) is 30.6. The molecule has 0 fully saturated rings. The number of hydrogen-bond donors (Lipinski definition) is 6. The number of ether oxygens (including phenoxy) is 1. The highest BCUT2D eigenvalue weighted by molar-refractivity contribution is 6.00. The van der Waals surface area contributed by atoms with Crippen LogP contribution in [-0.2, 0) is 43.4 Å². The summed E-state index contributed by atoms with van der Waals surface area (Å²) in [4.78, 5) is 77.4. The first-order valence-electron chi connectivity index (χ1n) is 16.3. The minimum atomic E-state index is -1.43. The van der Waals surface area contributed by atoms with Crippen LogP contribution in [0.1, 0.15) is 62.4 Å². The molecule has 3 aromatic carbocycles. The highest BCUT2D eigenvalue weighted by Gasteiger charge is 2.39. The highest BCUT2D eigenvalue weighted by atomic mass is 16.5. The molecule has 0 saturated heterocycles. The van der Waals surface area contributed by atoms with Gasteiger partial charge >= 0.3 is 18.0 Å². The normalized spacial score (nSPS) is 14.8. The van der Waals surface area contributed by atoms with Gasteiger partial charge in [0.1, 0.15) is 23.9 Å². The first-order valence-corrected chi connectivity index (χ1v) is 16.3. The Balaban J connectivity index is 1.49. The Morgan fingerprint density at radius 2 is 1.37 bits per heavy atom. The average molecular weight is 702 g/mol.